The quantitative estimate of drug-likeness (QED) is 0.865. The van der Waals surface area contributed by atoms with Crippen LogP contribution in [-0.2, 0) is 11.2 Å². The predicted octanol–water partition coefficient (Wildman–Crippen LogP) is 2.65. The second-order valence-corrected chi connectivity index (χ2v) is 4.84. The number of nitriles is 1. The van der Waals surface area contributed by atoms with Crippen molar-refractivity contribution in [1.29, 1.82) is 5.26 Å². The zero-order valence-corrected chi connectivity index (χ0v) is 11.3. The summed E-state index contributed by atoms with van der Waals surface area (Å²) in [5.41, 5.74) is 3.84. The van der Waals surface area contributed by atoms with Crippen LogP contribution in [0.15, 0.2) is 18.2 Å². The Labute approximate surface area is 109 Å². The smallest absolute Gasteiger partial charge is 0.234 e. The molecule has 0 aliphatic rings. The molecular formula is C15H20N2O. The summed E-state index contributed by atoms with van der Waals surface area (Å²) in [4.78, 5) is 11.2. The largest absolute Gasteiger partial charge is 0.353 e. The molecule has 1 atom stereocenters. The molecule has 0 aliphatic carbocycles. The highest BCUT2D eigenvalue weighted by atomic mass is 16.1. The molecular weight excluding hydrogens is 224 g/mol. The number of benzene rings is 1. The van der Waals surface area contributed by atoms with Crippen LogP contribution in [0.2, 0.25) is 0 Å². The molecule has 1 amide bonds. The molecule has 0 fully saturated rings. The van der Waals surface area contributed by atoms with Gasteiger partial charge in [0.2, 0.25) is 5.91 Å². The molecule has 0 radical (unpaired) electrons. The third-order valence-electron chi connectivity index (χ3n) is 2.79. The summed E-state index contributed by atoms with van der Waals surface area (Å²) in [5, 5.41) is 11.2. The lowest BCUT2D eigenvalue weighted by molar-refractivity contribution is -0.120. The first-order valence-corrected chi connectivity index (χ1v) is 6.24. The van der Waals surface area contributed by atoms with Crippen LogP contribution in [-0.4, -0.2) is 11.9 Å². The average molecular weight is 244 g/mol. The molecule has 0 spiro atoms. The Balaban J connectivity index is 2.45. The Morgan fingerprint density at radius 2 is 1.94 bits per heavy atom. The van der Waals surface area contributed by atoms with Gasteiger partial charge in [-0.05, 0) is 39.2 Å². The van der Waals surface area contributed by atoms with Crippen LogP contribution in [0.1, 0.15) is 36.5 Å². The van der Waals surface area contributed by atoms with E-state index in [0.29, 0.717) is 0 Å². The van der Waals surface area contributed by atoms with Gasteiger partial charge in [-0.1, -0.05) is 29.3 Å². The number of hydrogen-bond acceptors (Lipinski definition) is 2. The standard InChI is InChI=1S/C15H20N2O/c1-11-8-12(2)10-14(9-11)5-4-13(3)17-15(18)6-7-16/h8-10,13H,4-6H2,1-3H3,(H,17,18). The van der Waals surface area contributed by atoms with E-state index in [4.69, 9.17) is 5.26 Å². The van der Waals surface area contributed by atoms with E-state index in [-0.39, 0.29) is 18.4 Å². The van der Waals surface area contributed by atoms with Crippen LogP contribution in [0.4, 0.5) is 0 Å². The third-order valence-corrected chi connectivity index (χ3v) is 2.79. The SMILES string of the molecule is Cc1cc(C)cc(CCC(C)NC(=O)CC#N)c1. The zero-order chi connectivity index (χ0) is 13.5. The first kappa shape index (κ1) is 14.2. The van der Waals surface area contributed by atoms with Gasteiger partial charge in [0.25, 0.3) is 0 Å². The van der Waals surface area contributed by atoms with Crippen LogP contribution in [0.5, 0.6) is 0 Å². The normalized spacial score (nSPS) is 11.7. The van der Waals surface area contributed by atoms with Gasteiger partial charge >= 0.3 is 0 Å². The van der Waals surface area contributed by atoms with E-state index in [0.717, 1.165) is 12.8 Å². The molecule has 18 heavy (non-hydrogen) atoms. The maximum absolute atomic E-state index is 11.2. The van der Waals surface area contributed by atoms with Gasteiger partial charge in [-0.25, -0.2) is 0 Å². The predicted molar refractivity (Wildman–Crippen MR) is 72.1 cm³/mol. The van der Waals surface area contributed by atoms with Crippen molar-refractivity contribution in [3.8, 4) is 6.07 Å². The first-order chi connectivity index (χ1) is 8.51. The van der Waals surface area contributed by atoms with Crippen LogP contribution in [0, 0.1) is 25.2 Å². The molecule has 0 aromatic heterocycles. The molecule has 0 saturated heterocycles. The summed E-state index contributed by atoms with van der Waals surface area (Å²) in [7, 11) is 0. The number of nitrogens with zero attached hydrogens (tertiary/aromatic N) is 1. The molecule has 0 saturated carbocycles. The molecule has 1 aromatic rings. The fourth-order valence-corrected chi connectivity index (χ4v) is 2.07. The van der Waals surface area contributed by atoms with E-state index in [1.165, 1.54) is 16.7 Å². The van der Waals surface area contributed by atoms with Gasteiger partial charge in [-0.15, -0.1) is 0 Å². The van der Waals surface area contributed by atoms with Crippen molar-refractivity contribution >= 4 is 5.91 Å². The fourth-order valence-electron chi connectivity index (χ4n) is 2.07. The van der Waals surface area contributed by atoms with E-state index in [2.05, 4.69) is 37.4 Å². The van der Waals surface area contributed by atoms with Crippen molar-refractivity contribution in [3.63, 3.8) is 0 Å². The average Bonchev–Trinajstić information content (AvgIpc) is 2.25. The lowest BCUT2D eigenvalue weighted by Crippen LogP contribution is -2.32. The molecule has 3 nitrogen and oxygen atoms in total. The van der Waals surface area contributed by atoms with Gasteiger partial charge in [0.15, 0.2) is 0 Å². The van der Waals surface area contributed by atoms with Crippen molar-refractivity contribution in [1.82, 2.24) is 5.32 Å². The van der Waals surface area contributed by atoms with Crippen LogP contribution >= 0.6 is 0 Å². The maximum Gasteiger partial charge on any atom is 0.234 e. The summed E-state index contributed by atoms with van der Waals surface area (Å²) in [5.74, 6) is -0.189. The van der Waals surface area contributed by atoms with E-state index in [1.54, 1.807) is 0 Å². The number of hydrogen-bond donors (Lipinski definition) is 1. The van der Waals surface area contributed by atoms with Crippen molar-refractivity contribution in [2.45, 2.75) is 46.1 Å². The van der Waals surface area contributed by atoms with Crippen molar-refractivity contribution < 1.29 is 4.79 Å². The minimum Gasteiger partial charge on any atom is -0.353 e. The molecule has 3 heteroatoms. The highest BCUT2D eigenvalue weighted by Crippen LogP contribution is 2.11. The van der Waals surface area contributed by atoms with E-state index >= 15 is 0 Å². The van der Waals surface area contributed by atoms with Crippen molar-refractivity contribution in [3.05, 3.63) is 34.9 Å². The van der Waals surface area contributed by atoms with Crippen molar-refractivity contribution in [2.24, 2.45) is 0 Å². The highest BCUT2D eigenvalue weighted by molar-refractivity contribution is 5.78. The minimum absolute atomic E-state index is 0.0616. The Hall–Kier alpha value is -1.82. The molecule has 0 bridgehead atoms. The summed E-state index contributed by atoms with van der Waals surface area (Å²) in [6, 6.07) is 8.46. The van der Waals surface area contributed by atoms with Gasteiger partial charge < -0.3 is 5.32 Å². The second kappa shape index (κ2) is 6.80. The fraction of sp³-hybridized carbons (Fsp3) is 0.467. The van der Waals surface area contributed by atoms with E-state index in [1.807, 2.05) is 13.0 Å². The maximum atomic E-state index is 11.2. The molecule has 1 aromatic carbocycles. The molecule has 96 valence electrons. The zero-order valence-electron chi connectivity index (χ0n) is 11.3. The molecule has 0 aliphatic heterocycles. The third kappa shape index (κ3) is 5.01. The molecule has 1 rings (SSSR count). The van der Waals surface area contributed by atoms with Gasteiger partial charge in [-0.2, -0.15) is 5.26 Å². The summed E-state index contributed by atoms with van der Waals surface area (Å²) < 4.78 is 0. The Kier molecular flexibility index (Phi) is 5.38. The van der Waals surface area contributed by atoms with Gasteiger partial charge in [0, 0.05) is 6.04 Å². The molecule has 1 N–H and O–H groups in total. The van der Waals surface area contributed by atoms with E-state index in [9.17, 15) is 4.79 Å². The summed E-state index contributed by atoms with van der Waals surface area (Å²) >= 11 is 0. The minimum atomic E-state index is -0.189. The van der Waals surface area contributed by atoms with Crippen molar-refractivity contribution in [2.75, 3.05) is 0 Å². The number of nitrogens with one attached hydrogen (secondary N) is 1. The monoisotopic (exact) mass is 244 g/mol. The number of carbonyl (C=O) groups is 1. The van der Waals surface area contributed by atoms with Crippen LogP contribution in [0.25, 0.3) is 0 Å². The Morgan fingerprint density at radius 3 is 2.50 bits per heavy atom. The number of rotatable bonds is 5. The number of carbonyl (C=O) groups excluding carboxylic acids is 1. The van der Waals surface area contributed by atoms with Gasteiger partial charge in [0.1, 0.15) is 6.42 Å². The summed E-state index contributed by atoms with van der Waals surface area (Å²) in [6.07, 6.45) is 1.77. The lowest BCUT2D eigenvalue weighted by Gasteiger charge is -2.13. The van der Waals surface area contributed by atoms with Crippen LogP contribution in [0.3, 0.4) is 0 Å². The number of amides is 1. The first-order valence-electron chi connectivity index (χ1n) is 6.24. The summed E-state index contributed by atoms with van der Waals surface area (Å²) in [6.45, 7) is 6.15. The van der Waals surface area contributed by atoms with Gasteiger partial charge in [-0.3, -0.25) is 4.79 Å². The van der Waals surface area contributed by atoms with Gasteiger partial charge in [0.05, 0.1) is 6.07 Å². The lowest BCUT2D eigenvalue weighted by atomic mass is 10.0. The number of aryl methyl sites for hydroxylation is 3. The Bertz CT molecular complexity index is 440. The highest BCUT2D eigenvalue weighted by Gasteiger charge is 2.07. The topological polar surface area (TPSA) is 52.9 Å². The van der Waals surface area contributed by atoms with Crippen LogP contribution < -0.4 is 5.32 Å². The van der Waals surface area contributed by atoms with E-state index < -0.39 is 0 Å². The molecule has 0 heterocycles. The second-order valence-electron chi connectivity index (χ2n) is 4.84. The Morgan fingerprint density at radius 1 is 1.33 bits per heavy atom. The molecule has 1 unspecified atom stereocenters.